The maximum atomic E-state index is 5.42. The van der Waals surface area contributed by atoms with Crippen LogP contribution in [0.3, 0.4) is 0 Å². The maximum Gasteiger partial charge on any atom is 0.227 e. The van der Waals surface area contributed by atoms with E-state index in [2.05, 4.69) is 52.9 Å². The van der Waals surface area contributed by atoms with E-state index >= 15 is 0 Å². The number of aromatic amines is 1. The van der Waals surface area contributed by atoms with Crippen molar-refractivity contribution in [3.63, 3.8) is 0 Å². The van der Waals surface area contributed by atoms with Gasteiger partial charge in [0.15, 0.2) is 0 Å². The van der Waals surface area contributed by atoms with Crippen molar-refractivity contribution in [1.29, 1.82) is 0 Å². The molecule has 0 spiro atoms. The molecule has 0 saturated carbocycles. The van der Waals surface area contributed by atoms with E-state index in [0.717, 1.165) is 48.8 Å². The first-order valence-electron chi connectivity index (χ1n) is 9.72. The van der Waals surface area contributed by atoms with E-state index in [4.69, 9.17) is 4.74 Å². The van der Waals surface area contributed by atoms with E-state index in [-0.39, 0.29) is 0 Å². The van der Waals surface area contributed by atoms with Crippen molar-refractivity contribution in [3.05, 3.63) is 60.8 Å². The molecule has 30 heavy (non-hydrogen) atoms. The summed E-state index contributed by atoms with van der Waals surface area (Å²) in [4.78, 5) is 11.3. The molecule has 9 heteroatoms. The topological polar surface area (TPSA) is 105 Å². The van der Waals surface area contributed by atoms with Gasteiger partial charge in [0, 0.05) is 41.8 Å². The van der Waals surface area contributed by atoms with Crippen LogP contribution in [0.1, 0.15) is 0 Å². The van der Waals surface area contributed by atoms with E-state index in [9.17, 15) is 0 Å². The molecular formula is C21H20N8O. The minimum atomic E-state index is 0.539. The predicted molar refractivity (Wildman–Crippen MR) is 113 cm³/mol. The minimum Gasteiger partial charge on any atom is -0.378 e. The van der Waals surface area contributed by atoms with Crippen LogP contribution in [0.25, 0.3) is 22.6 Å². The monoisotopic (exact) mass is 400 g/mol. The lowest BCUT2D eigenvalue weighted by molar-refractivity contribution is 0.122. The Kier molecular flexibility index (Phi) is 5.01. The van der Waals surface area contributed by atoms with Crippen molar-refractivity contribution in [2.45, 2.75) is 0 Å². The quantitative estimate of drug-likeness (QED) is 0.527. The summed E-state index contributed by atoms with van der Waals surface area (Å²) in [5.41, 5.74) is 4.75. The second-order valence-corrected chi connectivity index (χ2v) is 6.85. The number of nitrogens with one attached hydrogen (secondary N) is 2. The Labute approximate surface area is 173 Å². The lowest BCUT2D eigenvalue weighted by atomic mass is 10.1. The van der Waals surface area contributed by atoms with Crippen LogP contribution in [0.15, 0.2) is 60.8 Å². The van der Waals surface area contributed by atoms with Gasteiger partial charge in [-0.15, -0.1) is 10.2 Å². The molecule has 0 amide bonds. The molecule has 2 aromatic carbocycles. The van der Waals surface area contributed by atoms with Crippen molar-refractivity contribution >= 4 is 17.3 Å². The normalized spacial score (nSPS) is 13.9. The van der Waals surface area contributed by atoms with Gasteiger partial charge in [0.25, 0.3) is 0 Å². The van der Waals surface area contributed by atoms with Gasteiger partial charge in [0.2, 0.25) is 11.8 Å². The van der Waals surface area contributed by atoms with E-state index in [1.165, 1.54) is 5.69 Å². The highest BCUT2D eigenvalue weighted by atomic mass is 16.5. The lowest BCUT2D eigenvalue weighted by Crippen LogP contribution is -2.36. The number of aromatic nitrogens is 6. The molecule has 0 unspecified atom stereocenters. The van der Waals surface area contributed by atoms with Crippen LogP contribution >= 0.6 is 0 Å². The van der Waals surface area contributed by atoms with Crippen LogP contribution in [0.2, 0.25) is 0 Å². The highest BCUT2D eigenvalue weighted by Gasteiger charge is 2.11. The molecule has 2 aromatic heterocycles. The molecule has 1 aliphatic heterocycles. The third kappa shape index (κ3) is 3.96. The molecule has 2 N–H and O–H groups in total. The second-order valence-electron chi connectivity index (χ2n) is 6.85. The summed E-state index contributed by atoms with van der Waals surface area (Å²) in [6.07, 6.45) is 1.74. The van der Waals surface area contributed by atoms with Crippen molar-refractivity contribution in [1.82, 2.24) is 30.6 Å². The Balaban J connectivity index is 1.33. The molecule has 0 atom stereocenters. The Hall–Kier alpha value is -3.85. The zero-order chi connectivity index (χ0) is 20.2. The zero-order valence-electron chi connectivity index (χ0n) is 16.2. The number of anilines is 3. The number of rotatable bonds is 5. The predicted octanol–water partition coefficient (Wildman–Crippen LogP) is 2.90. The highest BCUT2D eigenvalue weighted by Crippen LogP contribution is 2.25. The van der Waals surface area contributed by atoms with Crippen molar-refractivity contribution < 1.29 is 4.74 Å². The van der Waals surface area contributed by atoms with Crippen LogP contribution in [-0.2, 0) is 4.74 Å². The Morgan fingerprint density at radius 2 is 1.80 bits per heavy atom. The van der Waals surface area contributed by atoms with Gasteiger partial charge in [0.1, 0.15) is 0 Å². The minimum absolute atomic E-state index is 0.539. The SMILES string of the molecule is c1cc(-c2ccnc(Nc3ccc(N4CCOCC4)cc3)n2)cc(-c2nn[nH]n2)c1. The first-order valence-corrected chi connectivity index (χ1v) is 9.72. The van der Waals surface area contributed by atoms with Gasteiger partial charge in [-0.2, -0.15) is 5.21 Å². The summed E-state index contributed by atoms with van der Waals surface area (Å²) in [5.74, 6) is 1.08. The molecule has 4 aromatic rings. The number of benzene rings is 2. The average Bonchev–Trinajstić information content (AvgIpc) is 3.36. The molecule has 1 saturated heterocycles. The number of tetrazole rings is 1. The van der Waals surface area contributed by atoms with Crippen LogP contribution < -0.4 is 10.2 Å². The number of H-pyrrole nitrogens is 1. The summed E-state index contributed by atoms with van der Waals surface area (Å²) in [7, 11) is 0. The Morgan fingerprint density at radius 1 is 0.967 bits per heavy atom. The fourth-order valence-electron chi connectivity index (χ4n) is 3.39. The first-order chi connectivity index (χ1) is 14.8. The molecule has 0 aliphatic carbocycles. The smallest absolute Gasteiger partial charge is 0.227 e. The largest absolute Gasteiger partial charge is 0.378 e. The van der Waals surface area contributed by atoms with Crippen molar-refractivity contribution in [3.8, 4) is 22.6 Å². The maximum absolute atomic E-state index is 5.42. The number of nitrogens with zero attached hydrogens (tertiary/aromatic N) is 6. The van der Waals surface area contributed by atoms with E-state index in [0.29, 0.717) is 11.8 Å². The van der Waals surface area contributed by atoms with Crippen LogP contribution in [0.5, 0.6) is 0 Å². The highest BCUT2D eigenvalue weighted by molar-refractivity contribution is 5.68. The van der Waals surface area contributed by atoms with E-state index < -0.39 is 0 Å². The van der Waals surface area contributed by atoms with Gasteiger partial charge >= 0.3 is 0 Å². The molecule has 5 rings (SSSR count). The van der Waals surface area contributed by atoms with Gasteiger partial charge in [-0.25, -0.2) is 9.97 Å². The van der Waals surface area contributed by atoms with Crippen LogP contribution in [0.4, 0.5) is 17.3 Å². The molecule has 0 radical (unpaired) electrons. The van der Waals surface area contributed by atoms with Gasteiger partial charge < -0.3 is 15.0 Å². The lowest BCUT2D eigenvalue weighted by Gasteiger charge is -2.28. The van der Waals surface area contributed by atoms with E-state index in [1.807, 2.05) is 42.5 Å². The molecule has 9 nitrogen and oxygen atoms in total. The zero-order valence-corrected chi connectivity index (χ0v) is 16.2. The van der Waals surface area contributed by atoms with Crippen molar-refractivity contribution in [2.24, 2.45) is 0 Å². The Bertz CT molecular complexity index is 1110. The number of hydrogen-bond donors (Lipinski definition) is 2. The summed E-state index contributed by atoms with van der Waals surface area (Å²) >= 11 is 0. The summed E-state index contributed by atoms with van der Waals surface area (Å²) in [6, 6.07) is 18.0. The third-order valence-corrected chi connectivity index (χ3v) is 4.92. The second kappa shape index (κ2) is 8.26. The van der Waals surface area contributed by atoms with Gasteiger partial charge in [0.05, 0.1) is 18.9 Å². The van der Waals surface area contributed by atoms with E-state index in [1.54, 1.807) is 6.20 Å². The van der Waals surface area contributed by atoms with Gasteiger partial charge in [-0.3, -0.25) is 0 Å². The van der Waals surface area contributed by atoms with Gasteiger partial charge in [-0.1, -0.05) is 18.2 Å². The molecule has 1 fully saturated rings. The third-order valence-electron chi connectivity index (χ3n) is 4.92. The Morgan fingerprint density at radius 3 is 2.60 bits per heavy atom. The fraction of sp³-hybridized carbons (Fsp3) is 0.190. The summed E-state index contributed by atoms with van der Waals surface area (Å²) in [5, 5.41) is 17.4. The first kappa shape index (κ1) is 18.2. The number of hydrogen-bond acceptors (Lipinski definition) is 8. The molecular weight excluding hydrogens is 380 g/mol. The molecule has 1 aliphatic rings. The van der Waals surface area contributed by atoms with Crippen LogP contribution in [-0.4, -0.2) is 56.9 Å². The number of ether oxygens (including phenoxy) is 1. The summed E-state index contributed by atoms with van der Waals surface area (Å²) < 4.78 is 5.42. The molecule has 3 heterocycles. The average molecular weight is 400 g/mol. The molecule has 0 bridgehead atoms. The van der Waals surface area contributed by atoms with Gasteiger partial charge in [-0.05, 0) is 41.6 Å². The number of morpholine rings is 1. The molecule has 150 valence electrons. The standard InChI is InChI=1S/C21H20N8O/c1-2-15(14-16(3-1)20-25-27-28-26-20)19-8-9-22-21(24-19)23-17-4-6-18(7-5-17)29-10-12-30-13-11-29/h1-9,14H,10-13H2,(H,22,23,24)(H,25,26,27,28). The van der Waals surface area contributed by atoms with Crippen LogP contribution in [0, 0.1) is 0 Å². The van der Waals surface area contributed by atoms with Crippen molar-refractivity contribution in [2.75, 3.05) is 36.5 Å². The fourth-order valence-corrected chi connectivity index (χ4v) is 3.39. The summed E-state index contributed by atoms with van der Waals surface area (Å²) in [6.45, 7) is 3.38.